The Balaban J connectivity index is 1.97. The first-order valence-corrected chi connectivity index (χ1v) is 9.98. The molecule has 3 aromatic rings. The summed E-state index contributed by atoms with van der Waals surface area (Å²) in [6.45, 7) is 5.97. The maximum Gasteiger partial charge on any atom is 0.226 e. The highest BCUT2D eigenvalue weighted by Gasteiger charge is 2.20. The minimum Gasteiger partial charge on any atom is -0.497 e. The molecular weight excluding hydrogens is 394 g/mol. The third-order valence-corrected chi connectivity index (χ3v) is 4.76. The van der Waals surface area contributed by atoms with Crippen LogP contribution in [0.2, 0.25) is 0 Å². The number of aryl methyl sites for hydroxylation is 1. The molecule has 1 aromatic heterocycles. The zero-order chi connectivity index (χ0) is 22.2. The van der Waals surface area contributed by atoms with Gasteiger partial charge in [-0.3, -0.25) is 4.79 Å². The van der Waals surface area contributed by atoms with Gasteiger partial charge in [0.25, 0.3) is 0 Å². The predicted octanol–water partition coefficient (Wildman–Crippen LogP) is 4.23. The zero-order valence-electron chi connectivity index (χ0n) is 18.1. The molecule has 0 unspecified atom stereocenters. The first kappa shape index (κ1) is 22.0. The van der Waals surface area contributed by atoms with E-state index in [9.17, 15) is 4.79 Å². The summed E-state index contributed by atoms with van der Waals surface area (Å²) in [6.07, 6.45) is 2.46. The summed E-state index contributed by atoms with van der Waals surface area (Å²) >= 11 is 0. The topological polar surface area (TPSA) is 74.6 Å². The van der Waals surface area contributed by atoms with Crippen molar-refractivity contribution in [2.45, 2.75) is 19.8 Å². The van der Waals surface area contributed by atoms with Crippen LogP contribution in [0.5, 0.6) is 23.1 Å². The second kappa shape index (κ2) is 10.3. The number of rotatable bonds is 10. The molecule has 1 N–H and O–H groups in total. The van der Waals surface area contributed by atoms with Crippen LogP contribution in [0.3, 0.4) is 0 Å². The SMILES string of the molecule is C=CCNC(=O)CCc1c(C)nn(-c2ccc(OC)cc2)c1Oc1cccc(OC)c1. The fourth-order valence-corrected chi connectivity index (χ4v) is 3.12. The first-order valence-electron chi connectivity index (χ1n) is 9.98. The minimum absolute atomic E-state index is 0.0520. The molecular formula is C24H27N3O4. The largest absolute Gasteiger partial charge is 0.497 e. The molecule has 0 aliphatic heterocycles. The van der Waals surface area contributed by atoms with Gasteiger partial charge in [-0.25, -0.2) is 4.68 Å². The van der Waals surface area contributed by atoms with Crippen molar-refractivity contribution in [3.63, 3.8) is 0 Å². The van der Waals surface area contributed by atoms with Crippen LogP contribution < -0.4 is 19.5 Å². The molecule has 162 valence electrons. The lowest BCUT2D eigenvalue weighted by atomic mass is 10.1. The van der Waals surface area contributed by atoms with Crippen LogP contribution in [0.25, 0.3) is 5.69 Å². The van der Waals surface area contributed by atoms with Gasteiger partial charge in [0, 0.05) is 24.6 Å². The normalized spacial score (nSPS) is 10.4. The van der Waals surface area contributed by atoms with Gasteiger partial charge in [-0.05, 0) is 49.7 Å². The van der Waals surface area contributed by atoms with E-state index in [0.717, 1.165) is 22.7 Å². The number of ether oxygens (including phenoxy) is 3. The summed E-state index contributed by atoms with van der Waals surface area (Å²) < 4.78 is 18.6. The smallest absolute Gasteiger partial charge is 0.226 e. The van der Waals surface area contributed by atoms with Crippen molar-refractivity contribution in [1.82, 2.24) is 15.1 Å². The lowest BCUT2D eigenvalue weighted by Crippen LogP contribution is -2.23. The monoisotopic (exact) mass is 421 g/mol. The maximum absolute atomic E-state index is 12.1. The highest BCUT2D eigenvalue weighted by molar-refractivity contribution is 5.76. The van der Waals surface area contributed by atoms with E-state index in [0.29, 0.717) is 36.8 Å². The van der Waals surface area contributed by atoms with Crippen molar-refractivity contribution in [2.75, 3.05) is 20.8 Å². The average molecular weight is 421 g/mol. The second-order valence-corrected chi connectivity index (χ2v) is 6.85. The molecule has 3 rings (SSSR count). The number of carbonyl (C=O) groups is 1. The number of aromatic nitrogens is 2. The molecule has 1 amide bonds. The van der Waals surface area contributed by atoms with Crippen molar-refractivity contribution in [1.29, 1.82) is 0 Å². The molecule has 0 bridgehead atoms. The van der Waals surface area contributed by atoms with Gasteiger partial charge in [0.15, 0.2) is 0 Å². The van der Waals surface area contributed by atoms with Gasteiger partial charge in [0.1, 0.15) is 17.2 Å². The summed E-state index contributed by atoms with van der Waals surface area (Å²) in [4.78, 5) is 12.1. The number of amides is 1. The third kappa shape index (κ3) is 5.45. The Morgan fingerprint density at radius 3 is 2.48 bits per heavy atom. The van der Waals surface area contributed by atoms with E-state index in [4.69, 9.17) is 14.2 Å². The van der Waals surface area contributed by atoms with Crippen LogP contribution >= 0.6 is 0 Å². The molecule has 2 aromatic carbocycles. The molecule has 1 heterocycles. The summed E-state index contributed by atoms with van der Waals surface area (Å²) in [5, 5.41) is 7.49. The fraction of sp³-hybridized carbons (Fsp3) is 0.250. The van der Waals surface area contributed by atoms with Crippen LogP contribution in [0.1, 0.15) is 17.7 Å². The van der Waals surface area contributed by atoms with Gasteiger partial charge >= 0.3 is 0 Å². The van der Waals surface area contributed by atoms with E-state index in [2.05, 4.69) is 17.0 Å². The van der Waals surface area contributed by atoms with Gasteiger partial charge < -0.3 is 19.5 Å². The number of nitrogens with zero attached hydrogens (tertiary/aromatic N) is 2. The minimum atomic E-state index is -0.0520. The summed E-state index contributed by atoms with van der Waals surface area (Å²) in [5.74, 6) is 2.57. The van der Waals surface area contributed by atoms with E-state index < -0.39 is 0 Å². The van der Waals surface area contributed by atoms with Crippen molar-refractivity contribution in [3.8, 4) is 28.8 Å². The summed E-state index contributed by atoms with van der Waals surface area (Å²) in [7, 11) is 3.23. The number of hydrogen-bond acceptors (Lipinski definition) is 5. The molecule has 0 spiro atoms. The fourth-order valence-electron chi connectivity index (χ4n) is 3.12. The zero-order valence-corrected chi connectivity index (χ0v) is 18.1. The maximum atomic E-state index is 12.1. The van der Waals surface area contributed by atoms with Gasteiger partial charge in [-0.1, -0.05) is 12.1 Å². The lowest BCUT2D eigenvalue weighted by Gasteiger charge is -2.12. The van der Waals surface area contributed by atoms with Crippen molar-refractivity contribution < 1.29 is 19.0 Å². The van der Waals surface area contributed by atoms with Gasteiger partial charge in [-0.2, -0.15) is 5.10 Å². The standard InChI is InChI=1S/C24H27N3O4/c1-5-15-25-23(28)14-13-22-17(2)26-27(18-9-11-19(29-3)12-10-18)24(22)31-21-8-6-7-20(16-21)30-4/h5-12,16H,1,13-15H2,2-4H3,(H,25,28). The van der Waals surface area contributed by atoms with E-state index >= 15 is 0 Å². The Bertz CT molecular complexity index is 1040. The van der Waals surface area contributed by atoms with Crippen molar-refractivity contribution in [3.05, 3.63) is 72.4 Å². The third-order valence-electron chi connectivity index (χ3n) is 4.76. The Morgan fingerprint density at radius 1 is 1.10 bits per heavy atom. The molecule has 7 heteroatoms. The lowest BCUT2D eigenvalue weighted by molar-refractivity contribution is -0.120. The predicted molar refractivity (Wildman–Crippen MR) is 119 cm³/mol. The quantitative estimate of drug-likeness (QED) is 0.496. The molecule has 0 saturated heterocycles. The number of carbonyl (C=O) groups excluding carboxylic acids is 1. The second-order valence-electron chi connectivity index (χ2n) is 6.85. The van der Waals surface area contributed by atoms with Crippen LogP contribution in [0, 0.1) is 6.92 Å². The van der Waals surface area contributed by atoms with Crippen molar-refractivity contribution in [2.24, 2.45) is 0 Å². The van der Waals surface area contributed by atoms with Crippen LogP contribution in [0.4, 0.5) is 0 Å². The van der Waals surface area contributed by atoms with E-state index in [1.807, 2.05) is 49.4 Å². The highest BCUT2D eigenvalue weighted by Crippen LogP contribution is 2.33. The van der Waals surface area contributed by atoms with E-state index in [1.165, 1.54) is 0 Å². The number of methoxy groups -OCH3 is 2. The van der Waals surface area contributed by atoms with Crippen LogP contribution in [-0.2, 0) is 11.2 Å². The molecule has 31 heavy (non-hydrogen) atoms. The Labute approximate surface area is 182 Å². The molecule has 0 atom stereocenters. The van der Waals surface area contributed by atoms with E-state index in [-0.39, 0.29) is 5.91 Å². The number of benzene rings is 2. The Hall–Kier alpha value is -3.74. The number of hydrogen-bond donors (Lipinski definition) is 1. The summed E-state index contributed by atoms with van der Waals surface area (Å²) in [5.41, 5.74) is 2.49. The molecule has 7 nitrogen and oxygen atoms in total. The Morgan fingerprint density at radius 2 is 1.81 bits per heavy atom. The summed E-state index contributed by atoms with van der Waals surface area (Å²) in [6, 6.07) is 14.9. The van der Waals surface area contributed by atoms with Crippen LogP contribution in [-0.4, -0.2) is 36.5 Å². The highest BCUT2D eigenvalue weighted by atomic mass is 16.5. The number of nitrogens with one attached hydrogen (secondary N) is 1. The van der Waals surface area contributed by atoms with Gasteiger partial charge in [-0.15, -0.1) is 6.58 Å². The Kier molecular flexibility index (Phi) is 7.32. The molecule has 0 aliphatic carbocycles. The van der Waals surface area contributed by atoms with Crippen molar-refractivity contribution >= 4 is 5.91 Å². The molecule has 0 aliphatic rings. The van der Waals surface area contributed by atoms with E-state index in [1.54, 1.807) is 31.0 Å². The van der Waals surface area contributed by atoms with Crippen LogP contribution in [0.15, 0.2) is 61.2 Å². The van der Waals surface area contributed by atoms with Gasteiger partial charge in [0.05, 0.1) is 25.6 Å². The molecule has 0 saturated carbocycles. The molecule has 0 radical (unpaired) electrons. The first-order chi connectivity index (χ1) is 15.0. The van der Waals surface area contributed by atoms with Gasteiger partial charge in [0.2, 0.25) is 11.8 Å². The molecule has 0 fully saturated rings. The average Bonchev–Trinajstić information content (AvgIpc) is 3.11.